The quantitative estimate of drug-likeness (QED) is 0.762. The first-order valence-corrected chi connectivity index (χ1v) is 7.92. The largest absolute Gasteiger partial charge is 0.369 e. The predicted molar refractivity (Wildman–Crippen MR) is 76.2 cm³/mol. The summed E-state index contributed by atoms with van der Waals surface area (Å²) in [6, 6.07) is 0. The van der Waals surface area contributed by atoms with Crippen LogP contribution in [0.3, 0.4) is 0 Å². The first-order valence-electron chi connectivity index (χ1n) is 5.09. The topological polar surface area (TPSA) is 62.7 Å². The molecule has 0 fully saturated rings. The van der Waals surface area contributed by atoms with E-state index in [1.54, 1.807) is 11.3 Å². The summed E-state index contributed by atoms with van der Waals surface area (Å²) in [6.07, 6.45) is 0. The number of aromatic nitrogens is 3. The van der Waals surface area contributed by atoms with Gasteiger partial charge in [0.1, 0.15) is 0 Å². The van der Waals surface area contributed by atoms with Gasteiger partial charge in [-0.1, -0.05) is 0 Å². The highest BCUT2D eigenvalue weighted by molar-refractivity contribution is 7.98. The van der Waals surface area contributed by atoms with E-state index >= 15 is 0 Å². The number of thiazole rings is 1. The molecule has 2 heterocycles. The Hall–Kier alpha value is -0.860. The Balaban J connectivity index is 1.63. The van der Waals surface area contributed by atoms with Gasteiger partial charge in [0, 0.05) is 30.5 Å². The maximum Gasteiger partial charge on any atom is 0.184 e. The zero-order valence-electron chi connectivity index (χ0n) is 9.34. The van der Waals surface area contributed by atoms with Crippen LogP contribution in [0.2, 0.25) is 0 Å². The van der Waals surface area contributed by atoms with E-state index in [0.717, 1.165) is 35.4 Å². The van der Waals surface area contributed by atoms with E-state index in [4.69, 9.17) is 0 Å². The molecule has 8 heteroatoms. The zero-order chi connectivity index (χ0) is 11.9. The molecule has 0 aliphatic rings. The molecular formula is C9H13N5S3. The van der Waals surface area contributed by atoms with Crippen molar-refractivity contribution in [2.24, 2.45) is 0 Å². The van der Waals surface area contributed by atoms with Crippen molar-refractivity contribution in [2.75, 3.05) is 30.0 Å². The van der Waals surface area contributed by atoms with Gasteiger partial charge in [-0.2, -0.15) is 20.5 Å². The fraction of sp³-hybridized carbons (Fsp3) is 0.444. The van der Waals surface area contributed by atoms with Gasteiger partial charge < -0.3 is 10.6 Å². The van der Waals surface area contributed by atoms with Crippen molar-refractivity contribution in [1.29, 1.82) is 0 Å². The Bertz CT molecular complexity index is 428. The van der Waals surface area contributed by atoms with Crippen molar-refractivity contribution in [1.82, 2.24) is 13.7 Å². The molecule has 17 heavy (non-hydrogen) atoms. The second kappa shape index (κ2) is 6.77. The fourth-order valence-corrected chi connectivity index (χ4v) is 3.15. The van der Waals surface area contributed by atoms with E-state index in [1.165, 1.54) is 11.7 Å². The molecule has 0 spiro atoms. The molecule has 5 nitrogen and oxygen atoms in total. The van der Waals surface area contributed by atoms with E-state index in [-0.39, 0.29) is 0 Å². The molecule has 2 rings (SSSR count). The highest BCUT2D eigenvalue weighted by Gasteiger charge is 2.04. The minimum atomic E-state index is 0.819. The van der Waals surface area contributed by atoms with Crippen molar-refractivity contribution in [2.45, 2.75) is 5.75 Å². The summed E-state index contributed by atoms with van der Waals surface area (Å²) in [7, 11) is 1.85. The number of anilines is 2. The standard InChI is InChI=1S/C9H13N5S3/c1-10-8-9(14-17-13-8)11-2-3-15-4-7-5-16-6-12-7/h5-6H,2-4H2,1H3,(H,10,13)(H,11,14). The van der Waals surface area contributed by atoms with E-state index in [9.17, 15) is 0 Å². The highest BCUT2D eigenvalue weighted by Crippen LogP contribution is 2.17. The summed E-state index contributed by atoms with van der Waals surface area (Å²) >= 11 is 4.72. The summed E-state index contributed by atoms with van der Waals surface area (Å²) in [4.78, 5) is 4.24. The molecule has 2 N–H and O–H groups in total. The smallest absolute Gasteiger partial charge is 0.184 e. The van der Waals surface area contributed by atoms with Gasteiger partial charge in [-0.3, -0.25) is 0 Å². The van der Waals surface area contributed by atoms with Gasteiger partial charge in [-0.05, 0) is 0 Å². The van der Waals surface area contributed by atoms with Crippen LogP contribution in [-0.4, -0.2) is 33.1 Å². The summed E-state index contributed by atoms with van der Waals surface area (Å²) in [5, 5.41) is 8.34. The molecule has 2 aromatic heterocycles. The second-order valence-corrected chi connectivity index (χ2v) is 5.52. The highest BCUT2D eigenvalue weighted by atomic mass is 32.2. The average Bonchev–Trinajstić information content (AvgIpc) is 2.98. The maximum absolute atomic E-state index is 4.24. The van der Waals surface area contributed by atoms with Crippen LogP contribution in [0, 0.1) is 0 Å². The van der Waals surface area contributed by atoms with E-state index < -0.39 is 0 Å². The Kier molecular flexibility index (Phi) is 5.02. The third kappa shape index (κ3) is 3.83. The number of nitrogens with one attached hydrogen (secondary N) is 2. The molecule has 0 aliphatic heterocycles. The van der Waals surface area contributed by atoms with Crippen LogP contribution < -0.4 is 10.6 Å². The van der Waals surface area contributed by atoms with Crippen molar-refractivity contribution >= 4 is 46.5 Å². The Morgan fingerprint density at radius 2 is 2.24 bits per heavy atom. The summed E-state index contributed by atoms with van der Waals surface area (Å²) in [6.45, 7) is 0.884. The van der Waals surface area contributed by atoms with Gasteiger partial charge in [-0.15, -0.1) is 11.3 Å². The predicted octanol–water partition coefficient (Wildman–Crippen LogP) is 2.38. The second-order valence-electron chi connectivity index (χ2n) is 3.17. The van der Waals surface area contributed by atoms with Gasteiger partial charge in [0.2, 0.25) is 0 Å². The average molecular weight is 287 g/mol. The summed E-state index contributed by atoms with van der Waals surface area (Å²) < 4.78 is 8.29. The lowest BCUT2D eigenvalue weighted by Gasteiger charge is -2.03. The SMILES string of the molecule is CNc1nsnc1NCCSCc1cscn1. The van der Waals surface area contributed by atoms with Crippen LogP contribution in [-0.2, 0) is 5.75 Å². The van der Waals surface area contributed by atoms with Crippen molar-refractivity contribution in [3.8, 4) is 0 Å². The Morgan fingerprint density at radius 1 is 1.35 bits per heavy atom. The molecular weight excluding hydrogens is 274 g/mol. The molecule has 2 aromatic rings. The fourth-order valence-electron chi connectivity index (χ4n) is 1.20. The van der Waals surface area contributed by atoms with Gasteiger partial charge in [0.15, 0.2) is 11.6 Å². The third-order valence-corrected chi connectivity index (χ3v) is 4.15. The lowest BCUT2D eigenvalue weighted by molar-refractivity contribution is 1.18. The van der Waals surface area contributed by atoms with Crippen LogP contribution in [0.5, 0.6) is 0 Å². The Labute approximate surface area is 112 Å². The van der Waals surface area contributed by atoms with Crippen molar-refractivity contribution in [3.63, 3.8) is 0 Å². The Morgan fingerprint density at radius 3 is 3.00 bits per heavy atom. The summed E-state index contributed by atoms with van der Waals surface area (Å²) in [5.41, 5.74) is 3.03. The molecule has 0 aromatic carbocycles. The van der Waals surface area contributed by atoms with E-state index in [1.807, 2.05) is 24.3 Å². The maximum atomic E-state index is 4.24. The van der Waals surface area contributed by atoms with E-state index in [0.29, 0.717) is 0 Å². The molecule has 0 saturated carbocycles. The van der Waals surface area contributed by atoms with Crippen LogP contribution in [0.4, 0.5) is 11.6 Å². The third-order valence-electron chi connectivity index (χ3n) is 2.00. The first-order chi connectivity index (χ1) is 8.40. The minimum Gasteiger partial charge on any atom is -0.369 e. The van der Waals surface area contributed by atoms with Crippen LogP contribution in [0.25, 0.3) is 0 Å². The van der Waals surface area contributed by atoms with Gasteiger partial charge in [0.25, 0.3) is 0 Å². The monoisotopic (exact) mass is 287 g/mol. The lowest BCUT2D eigenvalue weighted by atomic mass is 10.6. The minimum absolute atomic E-state index is 0.819. The summed E-state index contributed by atoms with van der Waals surface area (Å²) in [5.74, 6) is 3.66. The van der Waals surface area contributed by atoms with Gasteiger partial charge >= 0.3 is 0 Å². The van der Waals surface area contributed by atoms with Gasteiger partial charge in [-0.25, -0.2) is 4.98 Å². The molecule has 0 bridgehead atoms. The van der Waals surface area contributed by atoms with Crippen LogP contribution in [0.15, 0.2) is 10.9 Å². The number of nitrogens with zero attached hydrogens (tertiary/aromatic N) is 3. The van der Waals surface area contributed by atoms with Crippen LogP contribution in [0.1, 0.15) is 5.69 Å². The normalized spacial score (nSPS) is 10.4. The molecule has 0 amide bonds. The van der Waals surface area contributed by atoms with Crippen LogP contribution >= 0.6 is 34.8 Å². The number of hydrogen-bond donors (Lipinski definition) is 2. The zero-order valence-corrected chi connectivity index (χ0v) is 11.8. The van der Waals surface area contributed by atoms with E-state index in [2.05, 4.69) is 29.7 Å². The molecule has 0 unspecified atom stereocenters. The first kappa shape index (κ1) is 12.6. The molecule has 0 radical (unpaired) electrons. The van der Waals surface area contributed by atoms with Crippen molar-refractivity contribution in [3.05, 3.63) is 16.6 Å². The number of rotatable bonds is 7. The molecule has 0 atom stereocenters. The molecule has 0 saturated heterocycles. The number of hydrogen-bond acceptors (Lipinski definition) is 8. The molecule has 0 aliphatic carbocycles. The van der Waals surface area contributed by atoms with Crippen molar-refractivity contribution < 1.29 is 0 Å². The number of thioether (sulfide) groups is 1. The van der Waals surface area contributed by atoms with Gasteiger partial charge in [0.05, 0.1) is 22.9 Å². The molecule has 92 valence electrons. The lowest BCUT2D eigenvalue weighted by Crippen LogP contribution is -2.06.